The minimum Gasteiger partial charge on any atom is -0.504 e. The maximum Gasteiger partial charge on any atom is 0.266 e. The third kappa shape index (κ3) is 3.47. The fourth-order valence-corrected chi connectivity index (χ4v) is 2.50. The molecule has 0 aliphatic carbocycles. The lowest BCUT2D eigenvalue weighted by atomic mass is 10.1. The zero-order chi connectivity index (χ0) is 18.5. The normalized spacial score (nSPS) is 11.0. The van der Waals surface area contributed by atoms with E-state index in [2.05, 4.69) is 10.3 Å². The number of fused-ring (bicyclic) bond motifs is 1. The second kappa shape index (κ2) is 7.36. The van der Waals surface area contributed by atoms with Crippen LogP contribution in [0.25, 0.3) is 17.0 Å². The van der Waals surface area contributed by atoms with Gasteiger partial charge in [0, 0.05) is 11.6 Å². The summed E-state index contributed by atoms with van der Waals surface area (Å²) in [5, 5.41) is 22.5. The second-order valence-electron chi connectivity index (χ2n) is 5.43. The Morgan fingerprint density at radius 3 is 2.88 bits per heavy atom. The number of pyridine rings is 1. The van der Waals surface area contributed by atoms with Crippen LogP contribution in [0.15, 0.2) is 60.3 Å². The van der Waals surface area contributed by atoms with Crippen LogP contribution in [0.1, 0.15) is 5.56 Å². The average Bonchev–Trinajstić information content (AvgIpc) is 2.67. The molecule has 0 radical (unpaired) electrons. The molecule has 6 nitrogen and oxygen atoms in total. The number of carbonyl (C=O) groups excluding carboxylic acids is 1. The molecule has 0 fully saturated rings. The Bertz CT molecular complexity index is 1050. The summed E-state index contributed by atoms with van der Waals surface area (Å²) >= 11 is 0. The number of aromatic hydroxyl groups is 1. The highest BCUT2D eigenvalue weighted by atomic mass is 16.5. The summed E-state index contributed by atoms with van der Waals surface area (Å²) in [5.41, 5.74) is 1.81. The summed E-state index contributed by atoms with van der Waals surface area (Å²) in [7, 11) is 1.43. The first-order valence-electron chi connectivity index (χ1n) is 7.76. The molecule has 0 spiro atoms. The van der Waals surface area contributed by atoms with Crippen molar-refractivity contribution in [2.75, 3.05) is 12.4 Å². The third-order valence-corrected chi connectivity index (χ3v) is 3.77. The molecular formula is C20H15N3O3. The maximum atomic E-state index is 12.5. The number of ether oxygens (including phenoxy) is 1. The van der Waals surface area contributed by atoms with Gasteiger partial charge in [-0.1, -0.05) is 12.1 Å². The van der Waals surface area contributed by atoms with E-state index in [1.807, 2.05) is 18.2 Å². The van der Waals surface area contributed by atoms with Gasteiger partial charge in [-0.25, -0.2) is 0 Å². The summed E-state index contributed by atoms with van der Waals surface area (Å²) in [6.07, 6.45) is 3.10. The lowest BCUT2D eigenvalue weighted by molar-refractivity contribution is -0.112. The van der Waals surface area contributed by atoms with E-state index in [0.29, 0.717) is 11.3 Å². The van der Waals surface area contributed by atoms with Crippen LogP contribution in [0.5, 0.6) is 11.5 Å². The average molecular weight is 345 g/mol. The highest BCUT2D eigenvalue weighted by Crippen LogP contribution is 2.27. The number of hydrogen-bond donors (Lipinski definition) is 2. The number of nitrogens with one attached hydrogen (secondary N) is 1. The topological polar surface area (TPSA) is 95.2 Å². The predicted molar refractivity (Wildman–Crippen MR) is 98.6 cm³/mol. The molecule has 0 unspecified atom stereocenters. The van der Waals surface area contributed by atoms with E-state index in [-0.39, 0.29) is 17.1 Å². The van der Waals surface area contributed by atoms with Gasteiger partial charge in [0.25, 0.3) is 5.91 Å². The van der Waals surface area contributed by atoms with Gasteiger partial charge in [0.2, 0.25) is 0 Å². The Kier molecular flexibility index (Phi) is 4.81. The number of nitriles is 1. The van der Waals surface area contributed by atoms with E-state index < -0.39 is 5.91 Å². The lowest BCUT2D eigenvalue weighted by Crippen LogP contribution is -2.13. The summed E-state index contributed by atoms with van der Waals surface area (Å²) in [6.45, 7) is 0. The van der Waals surface area contributed by atoms with Crippen LogP contribution in [0, 0.1) is 11.3 Å². The fraction of sp³-hybridized carbons (Fsp3) is 0.0500. The highest BCUT2D eigenvalue weighted by molar-refractivity contribution is 6.12. The molecule has 6 heteroatoms. The van der Waals surface area contributed by atoms with E-state index in [0.717, 1.165) is 10.9 Å². The predicted octanol–water partition coefficient (Wildman–Crippen LogP) is 3.49. The molecule has 0 saturated carbocycles. The van der Waals surface area contributed by atoms with Gasteiger partial charge in [-0.2, -0.15) is 5.26 Å². The molecule has 1 amide bonds. The van der Waals surface area contributed by atoms with Crippen molar-refractivity contribution in [3.63, 3.8) is 0 Å². The molecule has 0 aliphatic rings. The van der Waals surface area contributed by atoms with E-state index in [4.69, 9.17) is 4.74 Å². The van der Waals surface area contributed by atoms with Crippen LogP contribution in [0.4, 0.5) is 5.69 Å². The zero-order valence-corrected chi connectivity index (χ0v) is 13.9. The van der Waals surface area contributed by atoms with Crippen LogP contribution in [0.2, 0.25) is 0 Å². The molecule has 0 aliphatic heterocycles. The van der Waals surface area contributed by atoms with Gasteiger partial charge in [0.15, 0.2) is 11.5 Å². The zero-order valence-electron chi connectivity index (χ0n) is 13.9. The van der Waals surface area contributed by atoms with Crippen LogP contribution >= 0.6 is 0 Å². The van der Waals surface area contributed by atoms with Gasteiger partial charge in [0.05, 0.1) is 18.3 Å². The van der Waals surface area contributed by atoms with Crippen molar-refractivity contribution in [3.8, 4) is 17.6 Å². The van der Waals surface area contributed by atoms with E-state index >= 15 is 0 Å². The molecule has 3 aromatic rings. The van der Waals surface area contributed by atoms with Crippen LogP contribution in [0.3, 0.4) is 0 Å². The fourth-order valence-electron chi connectivity index (χ4n) is 2.50. The van der Waals surface area contributed by atoms with Gasteiger partial charge in [0.1, 0.15) is 11.6 Å². The quantitative estimate of drug-likeness (QED) is 0.557. The lowest BCUT2D eigenvalue weighted by Gasteiger charge is -2.08. The number of hydrogen-bond acceptors (Lipinski definition) is 5. The molecule has 0 atom stereocenters. The Labute approximate surface area is 150 Å². The Balaban J connectivity index is 1.91. The number of phenolic OH excluding ortho intramolecular Hbond substituents is 1. The molecule has 128 valence electrons. The number of anilines is 1. The number of phenols is 1. The summed E-state index contributed by atoms with van der Waals surface area (Å²) < 4.78 is 5.04. The van der Waals surface area contributed by atoms with Crippen LogP contribution in [-0.2, 0) is 4.79 Å². The van der Waals surface area contributed by atoms with Crippen LogP contribution in [-0.4, -0.2) is 23.1 Å². The van der Waals surface area contributed by atoms with E-state index in [1.165, 1.54) is 19.3 Å². The summed E-state index contributed by atoms with van der Waals surface area (Å²) in [4.78, 5) is 16.8. The molecule has 0 bridgehead atoms. The van der Waals surface area contributed by atoms with Crippen molar-refractivity contribution in [2.24, 2.45) is 0 Å². The molecule has 1 aromatic heterocycles. The Morgan fingerprint density at radius 2 is 2.12 bits per heavy atom. The van der Waals surface area contributed by atoms with Crippen molar-refractivity contribution in [2.45, 2.75) is 0 Å². The summed E-state index contributed by atoms with van der Waals surface area (Å²) in [5.74, 6) is -0.289. The first-order valence-corrected chi connectivity index (χ1v) is 7.76. The molecule has 3 rings (SSSR count). The molecule has 26 heavy (non-hydrogen) atoms. The SMILES string of the molecule is COc1cc(/C=C(\C#N)C(=O)Nc2cccc3ncccc23)ccc1O. The maximum absolute atomic E-state index is 12.5. The Hall–Kier alpha value is -3.85. The Morgan fingerprint density at radius 1 is 1.27 bits per heavy atom. The second-order valence-corrected chi connectivity index (χ2v) is 5.43. The van der Waals surface area contributed by atoms with Crippen molar-refractivity contribution in [3.05, 3.63) is 65.9 Å². The van der Waals surface area contributed by atoms with Crippen molar-refractivity contribution in [1.82, 2.24) is 4.98 Å². The molecular weight excluding hydrogens is 330 g/mol. The number of rotatable bonds is 4. The van der Waals surface area contributed by atoms with Crippen molar-refractivity contribution in [1.29, 1.82) is 5.26 Å². The third-order valence-electron chi connectivity index (χ3n) is 3.77. The van der Waals surface area contributed by atoms with Gasteiger partial charge in [-0.3, -0.25) is 9.78 Å². The number of benzene rings is 2. The first-order chi connectivity index (χ1) is 12.6. The standard InChI is InChI=1S/C20H15N3O3/c1-26-19-11-13(7-8-18(19)24)10-14(12-21)20(25)23-17-6-2-5-16-15(17)4-3-9-22-16/h2-11,24H,1H3,(H,23,25)/b14-10+. The molecule has 2 N–H and O–H groups in total. The minimum atomic E-state index is -0.532. The van der Waals surface area contributed by atoms with Crippen molar-refractivity contribution >= 4 is 28.6 Å². The smallest absolute Gasteiger partial charge is 0.266 e. The van der Waals surface area contributed by atoms with Gasteiger partial charge >= 0.3 is 0 Å². The van der Waals surface area contributed by atoms with Crippen molar-refractivity contribution < 1.29 is 14.6 Å². The number of amides is 1. The van der Waals surface area contributed by atoms with Crippen LogP contribution < -0.4 is 10.1 Å². The van der Waals surface area contributed by atoms with E-state index in [1.54, 1.807) is 36.5 Å². The minimum absolute atomic E-state index is 0.0177. The first kappa shape index (κ1) is 17.0. The van der Waals surface area contributed by atoms with E-state index in [9.17, 15) is 15.2 Å². The van der Waals surface area contributed by atoms with Gasteiger partial charge < -0.3 is 15.2 Å². The highest BCUT2D eigenvalue weighted by Gasteiger charge is 2.12. The molecule has 2 aromatic carbocycles. The number of carbonyl (C=O) groups is 1. The number of methoxy groups -OCH3 is 1. The largest absolute Gasteiger partial charge is 0.504 e. The molecule has 1 heterocycles. The van der Waals surface area contributed by atoms with Gasteiger partial charge in [-0.05, 0) is 48.0 Å². The molecule has 0 saturated heterocycles. The number of nitrogens with zero attached hydrogens (tertiary/aromatic N) is 2. The number of aromatic nitrogens is 1. The summed E-state index contributed by atoms with van der Waals surface area (Å²) in [6, 6.07) is 15.5. The monoisotopic (exact) mass is 345 g/mol. The van der Waals surface area contributed by atoms with Gasteiger partial charge in [-0.15, -0.1) is 0 Å².